The van der Waals surface area contributed by atoms with Crippen LogP contribution >= 0.6 is 46.4 Å². The predicted molar refractivity (Wildman–Crippen MR) is 151 cm³/mol. The van der Waals surface area contributed by atoms with Gasteiger partial charge in [-0.1, -0.05) is 95.3 Å². The second-order valence-electron chi connectivity index (χ2n) is 9.99. The van der Waals surface area contributed by atoms with E-state index in [4.69, 9.17) is 51.1 Å². The zero-order valence-electron chi connectivity index (χ0n) is 20.3. The number of carbonyl (C=O) groups is 2. The lowest BCUT2D eigenvalue weighted by Crippen LogP contribution is -2.52. The van der Waals surface area contributed by atoms with Crippen LogP contribution in [0.3, 0.4) is 0 Å². The van der Waals surface area contributed by atoms with Gasteiger partial charge >= 0.3 is 11.9 Å². The molecule has 0 saturated heterocycles. The fraction of sp³-hybridized carbons (Fsp3) is 0.333. The standard InChI is InChI=1S/C30H26Cl4O4/c31-18-11-6-12-19(32)23(18)25-27(29(35)36)26(24-20(33)13-7-14-21(24)34)28(25)30(37)38-22-15-5-4-10-17(22)16-8-2-1-3-9-16/h1-3,6-9,11-14,17,22,25-28H,4-5,10,15H2,(H,35,36)/t17-,22+,25-,26-,27-,28-/m0/s1. The number of carboxylic acid groups (broad SMARTS) is 1. The highest BCUT2D eigenvalue weighted by molar-refractivity contribution is 6.37. The zero-order chi connectivity index (χ0) is 27.0. The number of hydrogen-bond acceptors (Lipinski definition) is 3. The van der Waals surface area contributed by atoms with Crippen LogP contribution in [0.4, 0.5) is 0 Å². The normalized spacial score (nSPS) is 26.8. The molecular weight excluding hydrogens is 566 g/mol. The van der Waals surface area contributed by atoms with Gasteiger partial charge in [0.05, 0.1) is 11.8 Å². The number of benzene rings is 3. The van der Waals surface area contributed by atoms with E-state index < -0.39 is 35.6 Å². The minimum Gasteiger partial charge on any atom is -0.481 e. The average molecular weight is 592 g/mol. The molecule has 0 amide bonds. The summed E-state index contributed by atoms with van der Waals surface area (Å²) in [5.41, 5.74) is 1.97. The fourth-order valence-corrected chi connectivity index (χ4v) is 7.57. The van der Waals surface area contributed by atoms with Gasteiger partial charge in [-0.3, -0.25) is 9.59 Å². The summed E-state index contributed by atoms with van der Waals surface area (Å²) in [5, 5.41) is 11.6. The maximum absolute atomic E-state index is 14.1. The highest BCUT2D eigenvalue weighted by atomic mass is 35.5. The lowest BCUT2D eigenvalue weighted by atomic mass is 9.52. The average Bonchev–Trinajstić information content (AvgIpc) is 2.87. The number of carboxylic acids is 1. The van der Waals surface area contributed by atoms with Crippen LogP contribution in [0.5, 0.6) is 0 Å². The number of halogens is 4. The summed E-state index contributed by atoms with van der Waals surface area (Å²) in [5.74, 6) is -5.04. The zero-order valence-corrected chi connectivity index (χ0v) is 23.4. The lowest BCUT2D eigenvalue weighted by molar-refractivity contribution is -0.170. The van der Waals surface area contributed by atoms with Gasteiger partial charge in [0.25, 0.3) is 0 Å². The number of carbonyl (C=O) groups excluding carboxylic acids is 1. The van der Waals surface area contributed by atoms with Crippen molar-refractivity contribution in [1.29, 1.82) is 0 Å². The Morgan fingerprint density at radius 1 is 0.684 bits per heavy atom. The lowest BCUT2D eigenvalue weighted by Gasteiger charge is -2.50. The van der Waals surface area contributed by atoms with E-state index in [1.54, 1.807) is 36.4 Å². The summed E-state index contributed by atoms with van der Waals surface area (Å²) >= 11 is 26.2. The predicted octanol–water partition coefficient (Wildman–Crippen LogP) is 8.77. The van der Waals surface area contributed by atoms with Crippen molar-refractivity contribution < 1.29 is 19.4 Å². The van der Waals surface area contributed by atoms with Crippen molar-refractivity contribution in [2.75, 3.05) is 0 Å². The summed E-state index contributed by atoms with van der Waals surface area (Å²) in [7, 11) is 0. The molecule has 4 atom stereocenters. The van der Waals surface area contributed by atoms with Gasteiger partial charge in [-0.05, 0) is 60.2 Å². The first-order chi connectivity index (χ1) is 18.3. The van der Waals surface area contributed by atoms with Crippen molar-refractivity contribution in [2.24, 2.45) is 11.8 Å². The Hall–Kier alpha value is -2.24. The largest absolute Gasteiger partial charge is 0.481 e. The van der Waals surface area contributed by atoms with Gasteiger partial charge in [0.15, 0.2) is 0 Å². The number of hydrogen-bond donors (Lipinski definition) is 1. The van der Waals surface area contributed by atoms with Crippen LogP contribution in [0, 0.1) is 11.8 Å². The Labute approximate surface area is 241 Å². The van der Waals surface area contributed by atoms with Crippen LogP contribution in [-0.2, 0) is 14.3 Å². The van der Waals surface area contributed by atoms with Crippen LogP contribution < -0.4 is 0 Å². The number of esters is 1. The van der Waals surface area contributed by atoms with E-state index in [2.05, 4.69) is 12.1 Å². The van der Waals surface area contributed by atoms with Gasteiger partial charge in [-0.15, -0.1) is 0 Å². The summed E-state index contributed by atoms with van der Waals surface area (Å²) in [6, 6.07) is 20.0. The molecule has 2 saturated carbocycles. The van der Waals surface area contributed by atoms with Gasteiger partial charge in [-0.25, -0.2) is 0 Å². The quantitative estimate of drug-likeness (QED) is 0.291. The Kier molecular flexibility index (Phi) is 8.25. The third-order valence-electron chi connectivity index (χ3n) is 7.97. The first-order valence-electron chi connectivity index (χ1n) is 12.7. The van der Waals surface area contributed by atoms with Crippen LogP contribution in [0.25, 0.3) is 0 Å². The first kappa shape index (κ1) is 27.3. The second-order valence-corrected chi connectivity index (χ2v) is 11.6. The van der Waals surface area contributed by atoms with Crippen LogP contribution in [0.15, 0.2) is 66.7 Å². The topological polar surface area (TPSA) is 63.6 Å². The molecule has 0 unspecified atom stereocenters. The molecule has 38 heavy (non-hydrogen) atoms. The molecule has 0 heterocycles. The minimum absolute atomic E-state index is 0.0638. The second kappa shape index (κ2) is 11.5. The molecule has 0 spiro atoms. The van der Waals surface area contributed by atoms with E-state index in [-0.39, 0.29) is 12.0 Å². The van der Waals surface area contributed by atoms with E-state index in [1.807, 2.05) is 18.2 Å². The molecule has 2 aliphatic carbocycles. The molecule has 2 aliphatic rings. The van der Waals surface area contributed by atoms with E-state index in [1.165, 1.54) is 0 Å². The Morgan fingerprint density at radius 2 is 1.18 bits per heavy atom. The van der Waals surface area contributed by atoms with E-state index in [0.29, 0.717) is 31.2 Å². The molecule has 0 bridgehead atoms. The highest BCUT2D eigenvalue weighted by Gasteiger charge is 2.61. The fourth-order valence-electron chi connectivity index (χ4n) is 6.27. The van der Waals surface area contributed by atoms with Gasteiger partial charge in [-0.2, -0.15) is 0 Å². The minimum atomic E-state index is -1.09. The summed E-state index contributed by atoms with van der Waals surface area (Å²) < 4.78 is 6.25. The van der Waals surface area contributed by atoms with Crippen molar-refractivity contribution in [2.45, 2.75) is 49.5 Å². The molecule has 8 heteroatoms. The molecule has 3 aromatic rings. The number of rotatable bonds is 6. The molecule has 198 valence electrons. The van der Waals surface area contributed by atoms with Crippen LogP contribution in [-0.4, -0.2) is 23.1 Å². The van der Waals surface area contributed by atoms with Crippen LogP contribution in [0.2, 0.25) is 20.1 Å². The Morgan fingerprint density at radius 3 is 1.68 bits per heavy atom. The third-order valence-corrected chi connectivity index (χ3v) is 9.29. The molecule has 0 radical (unpaired) electrons. The van der Waals surface area contributed by atoms with Crippen molar-refractivity contribution in [3.8, 4) is 0 Å². The molecule has 0 aromatic heterocycles. The Bertz CT molecular complexity index is 1250. The van der Waals surface area contributed by atoms with Gasteiger partial charge in [0, 0.05) is 37.8 Å². The van der Waals surface area contributed by atoms with Crippen molar-refractivity contribution in [1.82, 2.24) is 0 Å². The molecule has 5 rings (SSSR count). The van der Waals surface area contributed by atoms with Crippen LogP contribution in [0.1, 0.15) is 60.1 Å². The van der Waals surface area contributed by atoms with E-state index in [0.717, 1.165) is 31.2 Å². The van der Waals surface area contributed by atoms with Crippen molar-refractivity contribution >= 4 is 58.3 Å². The summed E-state index contributed by atoms with van der Waals surface area (Å²) in [4.78, 5) is 26.7. The number of aliphatic carboxylic acids is 1. The van der Waals surface area contributed by atoms with Gasteiger partial charge in [0.2, 0.25) is 0 Å². The first-order valence-corrected chi connectivity index (χ1v) is 14.2. The number of ether oxygens (including phenoxy) is 1. The molecule has 4 nitrogen and oxygen atoms in total. The highest BCUT2D eigenvalue weighted by Crippen LogP contribution is 2.62. The maximum atomic E-state index is 14.1. The summed E-state index contributed by atoms with van der Waals surface area (Å²) in [6.45, 7) is 0. The monoisotopic (exact) mass is 590 g/mol. The summed E-state index contributed by atoms with van der Waals surface area (Å²) in [6.07, 6.45) is 3.31. The molecule has 3 aromatic carbocycles. The van der Waals surface area contributed by atoms with Crippen molar-refractivity contribution in [3.63, 3.8) is 0 Å². The van der Waals surface area contributed by atoms with Gasteiger partial charge < -0.3 is 9.84 Å². The van der Waals surface area contributed by atoms with E-state index >= 15 is 0 Å². The molecule has 0 aliphatic heterocycles. The molecule has 2 fully saturated rings. The van der Waals surface area contributed by atoms with Crippen molar-refractivity contribution in [3.05, 3.63) is 104 Å². The SMILES string of the molecule is O=C(O)[C@H]1[C@H](c2c(Cl)cccc2Cl)[C@H](C(=O)O[C@@H]2CCCC[C@H]2c2ccccc2)[C@H]1c1c(Cl)cccc1Cl. The third kappa shape index (κ3) is 5.04. The maximum Gasteiger partial charge on any atom is 0.310 e. The molecule has 1 N–H and O–H groups in total. The Balaban J connectivity index is 1.56. The molecular formula is C30H26Cl4O4. The van der Waals surface area contributed by atoms with E-state index in [9.17, 15) is 14.7 Å². The smallest absolute Gasteiger partial charge is 0.310 e. The van der Waals surface area contributed by atoms with Gasteiger partial charge in [0.1, 0.15) is 6.10 Å².